The standard InChI is InChI=1S/C24H26N2O5S/c1-3-10-18(16-32(29,30)15-17-11-6-5-7-12-17)23(28)25-19(4-2)22(27)24-26-20-13-8-9-14-21(20)31-24/h3,5-9,11-14,18-19H,1,4,10,15-16H2,2H3,(H,25,28)/t18?,19-/m0/s1. The van der Waals surface area contributed by atoms with E-state index in [4.69, 9.17) is 4.42 Å². The molecule has 1 unspecified atom stereocenters. The van der Waals surface area contributed by atoms with Crippen molar-refractivity contribution in [1.29, 1.82) is 0 Å². The molecule has 0 spiro atoms. The molecule has 0 aliphatic rings. The van der Waals surface area contributed by atoms with E-state index in [1.807, 2.05) is 6.07 Å². The van der Waals surface area contributed by atoms with Gasteiger partial charge in [0.05, 0.1) is 23.5 Å². The number of Topliss-reactive ketones (excluding diaryl/α,β-unsaturated/α-hetero) is 1. The van der Waals surface area contributed by atoms with Gasteiger partial charge in [-0.1, -0.05) is 55.5 Å². The fourth-order valence-corrected chi connectivity index (χ4v) is 5.13. The topological polar surface area (TPSA) is 106 Å². The van der Waals surface area contributed by atoms with E-state index >= 15 is 0 Å². The minimum atomic E-state index is -3.56. The summed E-state index contributed by atoms with van der Waals surface area (Å²) >= 11 is 0. The van der Waals surface area contributed by atoms with Crippen LogP contribution in [0.5, 0.6) is 0 Å². The maximum atomic E-state index is 12.9. The quantitative estimate of drug-likeness (QED) is 0.350. The number of nitrogens with zero attached hydrogens (tertiary/aromatic N) is 1. The predicted octanol–water partition coefficient (Wildman–Crippen LogP) is 3.71. The number of nitrogens with one attached hydrogen (secondary N) is 1. The van der Waals surface area contributed by atoms with Crippen LogP contribution < -0.4 is 5.32 Å². The number of aromatic nitrogens is 1. The molecule has 0 aliphatic heterocycles. The second-order valence-electron chi connectivity index (χ2n) is 7.58. The van der Waals surface area contributed by atoms with Crippen LogP contribution in [0.4, 0.5) is 0 Å². The van der Waals surface area contributed by atoms with E-state index in [1.54, 1.807) is 55.5 Å². The molecule has 1 heterocycles. The average molecular weight is 455 g/mol. The van der Waals surface area contributed by atoms with Gasteiger partial charge in [0.1, 0.15) is 5.52 Å². The van der Waals surface area contributed by atoms with Gasteiger partial charge in [-0.2, -0.15) is 0 Å². The monoisotopic (exact) mass is 454 g/mol. The maximum Gasteiger partial charge on any atom is 0.266 e. The lowest BCUT2D eigenvalue weighted by molar-refractivity contribution is -0.124. The molecule has 3 aromatic rings. The van der Waals surface area contributed by atoms with Gasteiger partial charge < -0.3 is 9.73 Å². The Morgan fingerprint density at radius 2 is 1.81 bits per heavy atom. The summed E-state index contributed by atoms with van der Waals surface area (Å²) in [6.07, 6.45) is 1.99. The molecule has 0 aliphatic carbocycles. The summed E-state index contributed by atoms with van der Waals surface area (Å²) in [5.74, 6) is -2.41. The van der Waals surface area contributed by atoms with Crippen LogP contribution in [0.3, 0.4) is 0 Å². The van der Waals surface area contributed by atoms with Crippen molar-refractivity contribution in [3.63, 3.8) is 0 Å². The number of ketones is 1. The van der Waals surface area contributed by atoms with Crippen molar-refractivity contribution >= 4 is 32.6 Å². The molecule has 32 heavy (non-hydrogen) atoms. The van der Waals surface area contributed by atoms with E-state index in [2.05, 4.69) is 16.9 Å². The molecule has 0 saturated heterocycles. The first-order valence-corrected chi connectivity index (χ1v) is 12.2. The zero-order chi connectivity index (χ0) is 23.1. The first-order valence-electron chi connectivity index (χ1n) is 10.4. The summed E-state index contributed by atoms with van der Waals surface area (Å²) in [6, 6.07) is 14.9. The molecule has 1 aromatic heterocycles. The Morgan fingerprint density at radius 1 is 1.12 bits per heavy atom. The zero-order valence-corrected chi connectivity index (χ0v) is 18.7. The lowest BCUT2D eigenvalue weighted by atomic mass is 10.0. The van der Waals surface area contributed by atoms with Gasteiger partial charge in [-0.25, -0.2) is 13.4 Å². The van der Waals surface area contributed by atoms with Crippen LogP contribution in [0.15, 0.2) is 71.7 Å². The lowest BCUT2D eigenvalue weighted by Crippen LogP contribution is -2.45. The number of carbonyl (C=O) groups is 2. The fourth-order valence-electron chi connectivity index (χ4n) is 3.41. The SMILES string of the molecule is C=CCC(CS(=O)(=O)Cc1ccccc1)C(=O)N[C@@H](CC)C(=O)c1nc2ccccc2o1. The van der Waals surface area contributed by atoms with Crippen molar-refractivity contribution in [1.82, 2.24) is 10.3 Å². The Morgan fingerprint density at radius 3 is 2.47 bits per heavy atom. The minimum Gasteiger partial charge on any atom is -0.434 e. The summed E-state index contributed by atoms with van der Waals surface area (Å²) in [6.45, 7) is 5.39. The van der Waals surface area contributed by atoms with E-state index in [1.165, 1.54) is 6.08 Å². The summed E-state index contributed by atoms with van der Waals surface area (Å²) in [7, 11) is -3.56. The summed E-state index contributed by atoms with van der Waals surface area (Å²) in [5.41, 5.74) is 1.69. The second kappa shape index (κ2) is 10.4. The van der Waals surface area contributed by atoms with Crippen molar-refractivity contribution in [2.45, 2.75) is 31.6 Å². The average Bonchev–Trinajstić information content (AvgIpc) is 3.21. The number of fused-ring (bicyclic) bond motifs is 1. The van der Waals surface area contributed by atoms with Crippen LogP contribution in [-0.2, 0) is 20.4 Å². The van der Waals surface area contributed by atoms with Crippen molar-refractivity contribution in [3.05, 3.63) is 78.7 Å². The number of sulfone groups is 1. The van der Waals surface area contributed by atoms with Gasteiger partial charge in [-0.3, -0.25) is 9.59 Å². The molecule has 2 atom stereocenters. The summed E-state index contributed by atoms with van der Waals surface area (Å²) in [5, 5.41) is 2.68. The van der Waals surface area contributed by atoms with Crippen molar-refractivity contribution in [2.75, 3.05) is 5.75 Å². The third-order valence-electron chi connectivity index (χ3n) is 5.05. The number of rotatable bonds is 11. The van der Waals surface area contributed by atoms with Crippen LogP contribution in [0.25, 0.3) is 11.1 Å². The van der Waals surface area contributed by atoms with Crippen LogP contribution in [0, 0.1) is 5.92 Å². The molecular weight excluding hydrogens is 428 g/mol. The number of hydrogen-bond donors (Lipinski definition) is 1. The van der Waals surface area contributed by atoms with Gasteiger partial charge in [0.25, 0.3) is 5.89 Å². The molecule has 7 nitrogen and oxygen atoms in total. The second-order valence-corrected chi connectivity index (χ2v) is 9.69. The van der Waals surface area contributed by atoms with Gasteiger partial charge in [0.15, 0.2) is 15.4 Å². The number of para-hydroxylation sites is 2. The first kappa shape index (κ1) is 23.4. The number of benzene rings is 2. The highest BCUT2D eigenvalue weighted by Crippen LogP contribution is 2.18. The highest BCUT2D eigenvalue weighted by molar-refractivity contribution is 7.90. The van der Waals surface area contributed by atoms with Crippen molar-refractivity contribution < 1.29 is 22.4 Å². The smallest absolute Gasteiger partial charge is 0.266 e. The Labute approximate surface area is 187 Å². The number of allylic oxidation sites excluding steroid dienone is 1. The van der Waals surface area contributed by atoms with Crippen LogP contribution in [0.1, 0.15) is 36.0 Å². The highest BCUT2D eigenvalue weighted by Gasteiger charge is 2.30. The van der Waals surface area contributed by atoms with Gasteiger partial charge in [0.2, 0.25) is 11.7 Å². The Kier molecular flexibility index (Phi) is 7.58. The molecule has 1 amide bonds. The molecule has 2 aromatic carbocycles. The van der Waals surface area contributed by atoms with Crippen LogP contribution in [-0.4, -0.2) is 36.9 Å². The minimum absolute atomic E-state index is 0.0877. The lowest BCUT2D eigenvalue weighted by Gasteiger charge is -2.20. The highest BCUT2D eigenvalue weighted by atomic mass is 32.2. The van der Waals surface area contributed by atoms with Crippen molar-refractivity contribution in [3.8, 4) is 0 Å². The maximum absolute atomic E-state index is 12.9. The van der Waals surface area contributed by atoms with Gasteiger partial charge in [0, 0.05) is 0 Å². The first-order chi connectivity index (χ1) is 15.3. The molecular formula is C24H26N2O5S. The van der Waals surface area contributed by atoms with E-state index in [-0.39, 0.29) is 23.8 Å². The van der Waals surface area contributed by atoms with E-state index in [9.17, 15) is 18.0 Å². The molecule has 1 N–H and O–H groups in total. The van der Waals surface area contributed by atoms with E-state index in [0.29, 0.717) is 23.1 Å². The summed E-state index contributed by atoms with van der Waals surface area (Å²) < 4.78 is 30.9. The van der Waals surface area contributed by atoms with E-state index in [0.717, 1.165) is 0 Å². The Hall–Kier alpha value is -3.26. The third kappa shape index (κ3) is 5.91. The normalized spacial score (nSPS) is 13.4. The Balaban J connectivity index is 1.71. The molecule has 3 rings (SSSR count). The molecule has 0 saturated carbocycles. The third-order valence-corrected chi connectivity index (χ3v) is 6.74. The summed E-state index contributed by atoms with van der Waals surface area (Å²) in [4.78, 5) is 30.0. The molecule has 0 fully saturated rings. The Bertz CT molecular complexity index is 1170. The van der Waals surface area contributed by atoms with Gasteiger partial charge >= 0.3 is 0 Å². The van der Waals surface area contributed by atoms with Gasteiger partial charge in [-0.05, 0) is 30.5 Å². The van der Waals surface area contributed by atoms with Crippen molar-refractivity contribution in [2.24, 2.45) is 5.92 Å². The van der Waals surface area contributed by atoms with E-state index < -0.39 is 33.5 Å². The largest absolute Gasteiger partial charge is 0.434 e. The number of amides is 1. The fraction of sp³-hybridized carbons (Fsp3) is 0.292. The molecule has 0 radical (unpaired) electrons. The number of hydrogen-bond acceptors (Lipinski definition) is 6. The number of oxazole rings is 1. The predicted molar refractivity (Wildman–Crippen MR) is 123 cm³/mol. The van der Waals surface area contributed by atoms with Crippen LogP contribution >= 0.6 is 0 Å². The molecule has 8 heteroatoms. The molecule has 0 bridgehead atoms. The molecule has 168 valence electrons. The van der Waals surface area contributed by atoms with Gasteiger partial charge in [-0.15, -0.1) is 6.58 Å². The van der Waals surface area contributed by atoms with Crippen LogP contribution in [0.2, 0.25) is 0 Å². The zero-order valence-electron chi connectivity index (χ0n) is 17.9. The number of carbonyl (C=O) groups excluding carboxylic acids is 2.